The molecule has 1 aliphatic rings. The van der Waals surface area contributed by atoms with Gasteiger partial charge in [-0.05, 0) is 18.2 Å². The van der Waals surface area contributed by atoms with Gasteiger partial charge in [0.25, 0.3) is 0 Å². The Morgan fingerprint density at radius 2 is 2.32 bits per heavy atom. The minimum absolute atomic E-state index is 0.338. The number of rotatable bonds is 1. The fourth-order valence-electron chi connectivity index (χ4n) is 2.48. The molecule has 0 radical (unpaired) electrons. The van der Waals surface area contributed by atoms with Gasteiger partial charge in [-0.25, -0.2) is 4.79 Å². The summed E-state index contributed by atoms with van der Waals surface area (Å²) in [7, 11) is 1.39. The molecule has 1 aromatic carbocycles. The number of carbonyl (C=O) groups excluding carboxylic acids is 1. The van der Waals surface area contributed by atoms with Gasteiger partial charge in [0.1, 0.15) is 0 Å². The highest BCUT2D eigenvalue weighted by molar-refractivity contribution is 6.31. The molecule has 0 bridgehead atoms. The number of carbonyl (C=O) groups is 1. The average Bonchev–Trinajstić information content (AvgIpc) is 2.44. The highest BCUT2D eigenvalue weighted by atomic mass is 35.5. The van der Waals surface area contributed by atoms with Crippen LogP contribution in [0.25, 0.3) is 10.9 Å². The van der Waals surface area contributed by atoms with Gasteiger partial charge in [0.2, 0.25) is 0 Å². The summed E-state index contributed by atoms with van der Waals surface area (Å²) in [4.78, 5) is 16.7. The first-order chi connectivity index (χ1) is 9.20. The highest BCUT2D eigenvalue weighted by Crippen LogP contribution is 2.28. The maximum absolute atomic E-state index is 12.1. The first-order valence-electron chi connectivity index (χ1n) is 6.10. The smallest absolute Gasteiger partial charge is 0.338 e. The third kappa shape index (κ3) is 2.07. The van der Waals surface area contributed by atoms with Gasteiger partial charge in [-0.15, -0.1) is 0 Å². The second-order valence-electron chi connectivity index (χ2n) is 4.49. The zero-order chi connectivity index (χ0) is 13.4. The van der Waals surface area contributed by atoms with Crippen LogP contribution in [0, 0.1) is 0 Å². The summed E-state index contributed by atoms with van der Waals surface area (Å²) in [6, 6.07) is 5.39. The van der Waals surface area contributed by atoms with Crippen LogP contribution in [0.1, 0.15) is 21.6 Å². The molecule has 5 heteroatoms. The number of nitrogens with one attached hydrogen (secondary N) is 1. The van der Waals surface area contributed by atoms with Crippen LogP contribution in [-0.4, -0.2) is 24.6 Å². The van der Waals surface area contributed by atoms with Gasteiger partial charge in [-0.2, -0.15) is 0 Å². The molecule has 1 aliphatic heterocycles. The number of nitrogens with zero attached hydrogens (tertiary/aromatic N) is 1. The largest absolute Gasteiger partial charge is 0.465 e. The normalized spacial score (nSPS) is 14.2. The molecule has 0 fully saturated rings. The summed E-state index contributed by atoms with van der Waals surface area (Å²) in [5, 5.41) is 4.60. The number of methoxy groups -OCH3 is 1. The third-order valence-corrected chi connectivity index (χ3v) is 3.60. The molecule has 98 valence electrons. The number of esters is 1. The minimum Gasteiger partial charge on any atom is -0.465 e. The van der Waals surface area contributed by atoms with E-state index in [2.05, 4.69) is 10.3 Å². The SMILES string of the molecule is COC(=O)c1c2c(nc3ccc(Cl)cc13)CCNC2. The Morgan fingerprint density at radius 3 is 3.11 bits per heavy atom. The molecule has 0 saturated heterocycles. The first-order valence-corrected chi connectivity index (χ1v) is 6.48. The molecular weight excluding hydrogens is 264 g/mol. The van der Waals surface area contributed by atoms with Crippen molar-refractivity contribution in [3.8, 4) is 0 Å². The summed E-state index contributed by atoms with van der Waals surface area (Å²) >= 11 is 6.03. The van der Waals surface area contributed by atoms with Crippen molar-refractivity contribution in [1.82, 2.24) is 10.3 Å². The second-order valence-corrected chi connectivity index (χ2v) is 4.93. The van der Waals surface area contributed by atoms with Crippen LogP contribution in [0.4, 0.5) is 0 Å². The Labute approximate surface area is 115 Å². The van der Waals surface area contributed by atoms with Gasteiger partial charge in [0, 0.05) is 41.2 Å². The molecular formula is C14H13ClN2O2. The van der Waals surface area contributed by atoms with Crippen LogP contribution in [0.5, 0.6) is 0 Å². The van der Waals surface area contributed by atoms with Gasteiger partial charge in [0.15, 0.2) is 0 Å². The zero-order valence-corrected chi connectivity index (χ0v) is 11.3. The molecule has 0 spiro atoms. The fourth-order valence-corrected chi connectivity index (χ4v) is 2.65. The number of pyridine rings is 1. The van der Waals surface area contributed by atoms with E-state index in [1.54, 1.807) is 12.1 Å². The lowest BCUT2D eigenvalue weighted by Gasteiger charge is -2.20. The number of aromatic nitrogens is 1. The van der Waals surface area contributed by atoms with Crippen molar-refractivity contribution < 1.29 is 9.53 Å². The predicted octanol–water partition coefficient (Wildman–Crippen LogP) is 2.32. The quantitative estimate of drug-likeness (QED) is 0.812. The summed E-state index contributed by atoms with van der Waals surface area (Å²) in [6.45, 7) is 1.51. The molecule has 0 unspecified atom stereocenters. The average molecular weight is 277 g/mol. The molecule has 0 amide bonds. The maximum atomic E-state index is 12.1. The van der Waals surface area contributed by atoms with E-state index in [0.29, 0.717) is 17.1 Å². The van der Waals surface area contributed by atoms with Gasteiger partial charge in [-0.1, -0.05) is 11.6 Å². The second kappa shape index (κ2) is 4.79. The maximum Gasteiger partial charge on any atom is 0.338 e. The molecule has 0 aliphatic carbocycles. The topological polar surface area (TPSA) is 51.2 Å². The molecule has 1 aromatic heterocycles. The summed E-state index contributed by atoms with van der Waals surface area (Å²) in [5.74, 6) is -0.338. The van der Waals surface area contributed by atoms with Gasteiger partial charge in [-0.3, -0.25) is 4.98 Å². The van der Waals surface area contributed by atoms with E-state index in [1.807, 2.05) is 6.07 Å². The van der Waals surface area contributed by atoms with E-state index in [4.69, 9.17) is 16.3 Å². The van der Waals surface area contributed by atoms with Crippen molar-refractivity contribution in [3.63, 3.8) is 0 Å². The number of benzene rings is 1. The number of hydrogen-bond acceptors (Lipinski definition) is 4. The van der Waals surface area contributed by atoms with Crippen LogP contribution in [0.15, 0.2) is 18.2 Å². The Morgan fingerprint density at radius 1 is 1.47 bits per heavy atom. The third-order valence-electron chi connectivity index (χ3n) is 3.36. The van der Waals surface area contributed by atoms with E-state index in [0.717, 1.165) is 35.1 Å². The van der Waals surface area contributed by atoms with Gasteiger partial charge in [0.05, 0.1) is 18.2 Å². The molecule has 4 nitrogen and oxygen atoms in total. The molecule has 19 heavy (non-hydrogen) atoms. The molecule has 1 N–H and O–H groups in total. The Hall–Kier alpha value is -1.65. The van der Waals surface area contributed by atoms with Crippen molar-refractivity contribution in [1.29, 1.82) is 0 Å². The summed E-state index contributed by atoms with van der Waals surface area (Å²) in [6.07, 6.45) is 0.817. The minimum atomic E-state index is -0.338. The van der Waals surface area contributed by atoms with Crippen molar-refractivity contribution in [3.05, 3.63) is 40.0 Å². The van der Waals surface area contributed by atoms with E-state index < -0.39 is 0 Å². The Bertz CT molecular complexity index is 670. The van der Waals surface area contributed by atoms with Crippen molar-refractivity contribution in [2.24, 2.45) is 0 Å². The highest BCUT2D eigenvalue weighted by Gasteiger charge is 2.23. The van der Waals surface area contributed by atoms with E-state index in [-0.39, 0.29) is 5.97 Å². The van der Waals surface area contributed by atoms with Crippen LogP contribution in [-0.2, 0) is 17.7 Å². The van der Waals surface area contributed by atoms with Gasteiger partial charge < -0.3 is 10.1 Å². The fraction of sp³-hybridized carbons (Fsp3) is 0.286. The van der Waals surface area contributed by atoms with Gasteiger partial charge >= 0.3 is 5.97 Å². The lowest BCUT2D eigenvalue weighted by Crippen LogP contribution is -2.27. The van der Waals surface area contributed by atoms with Crippen molar-refractivity contribution >= 4 is 28.5 Å². The van der Waals surface area contributed by atoms with E-state index >= 15 is 0 Å². The standard InChI is InChI=1S/C14H13ClN2O2/c1-19-14(18)13-9-6-8(15)2-3-11(9)17-12-4-5-16-7-10(12)13/h2-3,6,16H,4-5,7H2,1H3. The summed E-state index contributed by atoms with van der Waals surface area (Å²) < 4.78 is 4.91. The number of ether oxygens (including phenoxy) is 1. The lowest BCUT2D eigenvalue weighted by atomic mass is 9.97. The summed E-state index contributed by atoms with van der Waals surface area (Å²) in [5.41, 5.74) is 3.25. The number of fused-ring (bicyclic) bond motifs is 2. The van der Waals surface area contributed by atoms with Crippen LogP contribution < -0.4 is 5.32 Å². The molecule has 0 atom stereocenters. The Balaban J connectivity index is 2.37. The molecule has 0 saturated carbocycles. The lowest BCUT2D eigenvalue weighted by molar-refractivity contribution is 0.0601. The first kappa shape index (κ1) is 12.4. The zero-order valence-electron chi connectivity index (χ0n) is 10.5. The number of hydrogen-bond donors (Lipinski definition) is 1. The van der Waals surface area contributed by atoms with E-state index in [1.165, 1.54) is 7.11 Å². The molecule has 2 heterocycles. The van der Waals surface area contributed by atoms with Crippen LogP contribution >= 0.6 is 11.6 Å². The van der Waals surface area contributed by atoms with E-state index in [9.17, 15) is 4.79 Å². The van der Waals surface area contributed by atoms with Crippen molar-refractivity contribution in [2.45, 2.75) is 13.0 Å². The number of halogens is 1. The van der Waals surface area contributed by atoms with Crippen LogP contribution in [0.3, 0.4) is 0 Å². The predicted molar refractivity (Wildman–Crippen MR) is 73.5 cm³/mol. The van der Waals surface area contributed by atoms with Crippen LogP contribution in [0.2, 0.25) is 5.02 Å². The molecule has 3 rings (SSSR count). The Kier molecular flexibility index (Phi) is 3.12. The molecule has 2 aromatic rings. The monoisotopic (exact) mass is 276 g/mol. The van der Waals surface area contributed by atoms with Crippen molar-refractivity contribution in [2.75, 3.05) is 13.7 Å².